The van der Waals surface area contributed by atoms with Crippen molar-refractivity contribution >= 4 is 5.69 Å². The van der Waals surface area contributed by atoms with E-state index < -0.39 is 0 Å². The van der Waals surface area contributed by atoms with Gasteiger partial charge in [0.05, 0.1) is 5.69 Å². The molecule has 1 unspecified atom stereocenters. The lowest BCUT2D eigenvalue weighted by molar-refractivity contribution is 0.627. The average molecular weight is 243 g/mol. The summed E-state index contributed by atoms with van der Waals surface area (Å²) in [5, 5.41) is 3.21. The van der Waals surface area contributed by atoms with Crippen LogP contribution in [0.5, 0.6) is 0 Å². The minimum absolute atomic E-state index is 0.0856. The van der Waals surface area contributed by atoms with Crippen LogP contribution in [0.2, 0.25) is 0 Å². The highest BCUT2D eigenvalue weighted by Gasteiger charge is 2.10. The fourth-order valence-electron chi connectivity index (χ4n) is 2.20. The lowest BCUT2D eigenvalue weighted by Gasteiger charge is -2.18. The molecule has 2 aromatic rings. The zero-order valence-electron chi connectivity index (χ0n) is 11.0. The maximum absolute atomic E-state index is 13.6. The van der Waals surface area contributed by atoms with Gasteiger partial charge in [-0.05, 0) is 44.0 Å². The lowest BCUT2D eigenvalue weighted by atomic mass is 10.00. The Bertz CT molecular complexity index is 549. The Morgan fingerprint density at radius 3 is 2.44 bits per heavy atom. The molecule has 0 fully saturated rings. The normalized spacial score (nSPS) is 12.2. The number of anilines is 1. The molecule has 0 aromatic heterocycles. The van der Waals surface area contributed by atoms with Crippen molar-refractivity contribution in [1.82, 2.24) is 0 Å². The van der Waals surface area contributed by atoms with Crippen LogP contribution in [0.4, 0.5) is 10.1 Å². The molecule has 18 heavy (non-hydrogen) atoms. The Morgan fingerprint density at radius 1 is 1.06 bits per heavy atom. The highest BCUT2D eigenvalue weighted by atomic mass is 19.1. The van der Waals surface area contributed by atoms with Crippen molar-refractivity contribution in [2.45, 2.75) is 26.8 Å². The molecule has 0 aliphatic heterocycles. The Balaban J connectivity index is 2.22. The molecular formula is C16H18FN. The van der Waals surface area contributed by atoms with E-state index in [1.807, 2.05) is 13.0 Å². The van der Waals surface area contributed by atoms with E-state index in [1.54, 1.807) is 12.1 Å². The molecule has 0 aliphatic rings. The van der Waals surface area contributed by atoms with Crippen LogP contribution in [0, 0.1) is 19.7 Å². The van der Waals surface area contributed by atoms with Crippen LogP contribution in [0.15, 0.2) is 42.5 Å². The molecule has 0 radical (unpaired) electrons. The summed E-state index contributed by atoms with van der Waals surface area (Å²) in [6.07, 6.45) is 0. The molecule has 0 amide bonds. The molecule has 0 bridgehead atoms. The molecule has 0 aliphatic carbocycles. The summed E-state index contributed by atoms with van der Waals surface area (Å²) >= 11 is 0. The van der Waals surface area contributed by atoms with E-state index in [4.69, 9.17) is 0 Å². The first-order valence-corrected chi connectivity index (χ1v) is 6.16. The van der Waals surface area contributed by atoms with Crippen LogP contribution in [-0.4, -0.2) is 0 Å². The van der Waals surface area contributed by atoms with E-state index in [0.717, 1.165) is 0 Å². The number of hydrogen-bond donors (Lipinski definition) is 1. The number of aryl methyl sites for hydroxylation is 2. The molecule has 1 N–H and O–H groups in total. The highest BCUT2D eigenvalue weighted by Crippen LogP contribution is 2.24. The van der Waals surface area contributed by atoms with E-state index in [9.17, 15) is 4.39 Å². The standard InChI is InChI=1S/C16H18FN/c1-11-8-9-14(12(2)10-11)13(3)18-16-7-5-4-6-15(16)17/h4-10,13,18H,1-3H3. The highest BCUT2D eigenvalue weighted by molar-refractivity contribution is 5.47. The number of nitrogens with one attached hydrogen (secondary N) is 1. The van der Waals surface area contributed by atoms with Crippen molar-refractivity contribution in [2.75, 3.05) is 5.32 Å². The fourth-order valence-corrected chi connectivity index (χ4v) is 2.20. The Labute approximate surface area is 108 Å². The predicted molar refractivity (Wildman–Crippen MR) is 74.4 cm³/mol. The number of halogens is 1. The zero-order valence-corrected chi connectivity index (χ0v) is 11.0. The molecule has 2 aromatic carbocycles. The Hall–Kier alpha value is -1.83. The first-order valence-electron chi connectivity index (χ1n) is 6.16. The van der Waals surface area contributed by atoms with Crippen molar-refractivity contribution in [3.63, 3.8) is 0 Å². The van der Waals surface area contributed by atoms with Gasteiger partial charge >= 0.3 is 0 Å². The maximum Gasteiger partial charge on any atom is 0.146 e. The molecule has 0 heterocycles. The molecular weight excluding hydrogens is 225 g/mol. The zero-order chi connectivity index (χ0) is 13.1. The second-order valence-corrected chi connectivity index (χ2v) is 4.71. The first-order chi connectivity index (χ1) is 8.58. The summed E-state index contributed by atoms with van der Waals surface area (Å²) < 4.78 is 13.6. The average Bonchev–Trinajstić information content (AvgIpc) is 2.32. The predicted octanol–water partition coefficient (Wildman–Crippen LogP) is 4.62. The van der Waals surface area contributed by atoms with Gasteiger partial charge in [-0.15, -0.1) is 0 Å². The molecule has 2 heteroatoms. The van der Waals surface area contributed by atoms with Gasteiger partial charge in [-0.3, -0.25) is 0 Å². The fraction of sp³-hybridized carbons (Fsp3) is 0.250. The SMILES string of the molecule is Cc1ccc(C(C)Nc2ccccc2F)c(C)c1. The maximum atomic E-state index is 13.6. The minimum atomic E-state index is -0.214. The van der Waals surface area contributed by atoms with Crippen LogP contribution in [0.1, 0.15) is 29.7 Å². The van der Waals surface area contributed by atoms with Crippen molar-refractivity contribution in [3.05, 3.63) is 65.0 Å². The van der Waals surface area contributed by atoms with Gasteiger partial charge in [0.25, 0.3) is 0 Å². The van der Waals surface area contributed by atoms with Gasteiger partial charge in [0.1, 0.15) is 5.82 Å². The smallest absolute Gasteiger partial charge is 0.146 e. The first kappa shape index (κ1) is 12.6. The quantitative estimate of drug-likeness (QED) is 0.829. The summed E-state index contributed by atoms with van der Waals surface area (Å²) in [7, 11) is 0. The lowest BCUT2D eigenvalue weighted by Crippen LogP contribution is -2.09. The van der Waals surface area contributed by atoms with Crippen molar-refractivity contribution in [1.29, 1.82) is 0 Å². The second-order valence-electron chi connectivity index (χ2n) is 4.71. The molecule has 94 valence electrons. The topological polar surface area (TPSA) is 12.0 Å². The van der Waals surface area contributed by atoms with Gasteiger partial charge < -0.3 is 5.32 Å². The second kappa shape index (κ2) is 5.21. The number of benzene rings is 2. The van der Waals surface area contributed by atoms with Gasteiger partial charge in [-0.25, -0.2) is 4.39 Å². The van der Waals surface area contributed by atoms with Crippen molar-refractivity contribution in [2.24, 2.45) is 0 Å². The van der Waals surface area contributed by atoms with Gasteiger partial charge in [-0.1, -0.05) is 35.9 Å². The van der Waals surface area contributed by atoms with Crippen LogP contribution in [0.25, 0.3) is 0 Å². The van der Waals surface area contributed by atoms with Crippen molar-refractivity contribution < 1.29 is 4.39 Å². The van der Waals surface area contributed by atoms with Gasteiger partial charge in [0.2, 0.25) is 0 Å². The molecule has 1 nitrogen and oxygen atoms in total. The monoisotopic (exact) mass is 243 g/mol. The van der Waals surface area contributed by atoms with Gasteiger partial charge in [-0.2, -0.15) is 0 Å². The van der Waals surface area contributed by atoms with Crippen LogP contribution >= 0.6 is 0 Å². The molecule has 0 spiro atoms. The summed E-state index contributed by atoms with van der Waals surface area (Å²) in [5.74, 6) is -0.214. The van der Waals surface area contributed by atoms with Crippen molar-refractivity contribution in [3.8, 4) is 0 Å². The third-order valence-corrected chi connectivity index (χ3v) is 3.14. The van der Waals surface area contributed by atoms with Gasteiger partial charge in [0, 0.05) is 6.04 Å². The Morgan fingerprint density at radius 2 is 1.78 bits per heavy atom. The number of rotatable bonds is 3. The van der Waals surface area contributed by atoms with E-state index in [2.05, 4.69) is 37.4 Å². The van der Waals surface area contributed by atoms with E-state index in [0.29, 0.717) is 5.69 Å². The molecule has 2 rings (SSSR count). The third-order valence-electron chi connectivity index (χ3n) is 3.14. The van der Waals surface area contributed by atoms with Crippen LogP contribution < -0.4 is 5.32 Å². The summed E-state index contributed by atoms with van der Waals surface area (Å²) in [4.78, 5) is 0. The number of para-hydroxylation sites is 1. The van der Waals surface area contributed by atoms with E-state index in [-0.39, 0.29) is 11.9 Å². The van der Waals surface area contributed by atoms with E-state index >= 15 is 0 Å². The Kier molecular flexibility index (Phi) is 3.66. The summed E-state index contributed by atoms with van der Waals surface area (Å²) in [5.41, 5.74) is 4.22. The minimum Gasteiger partial charge on any atom is -0.376 e. The summed E-state index contributed by atoms with van der Waals surface area (Å²) in [6, 6.07) is 13.2. The number of hydrogen-bond acceptors (Lipinski definition) is 1. The van der Waals surface area contributed by atoms with Crippen LogP contribution in [0.3, 0.4) is 0 Å². The largest absolute Gasteiger partial charge is 0.376 e. The third kappa shape index (κ3) is 2.70. The molecule has 1 atom stereocenters. The summed E-state index contributed by atoms with van der Waals surface area (Å²) in [6.45, 7) is 6.21. The molecule has 0 saturated carbocycles. The van der Waals surface area contributed by atoms with E-state index in [1.165, 1.54) is 22.8 Å². The molecule has 0 saturated heterocycles. The van der Waals surface area contributed by atoms with Crippen LogP contribution in [-0.2, 0) is 0 Å². The van der Waals surface area contributed by atoms with Gasteiger partial charge in [0.15, 0.2) is 0 Å².